The number of benzene rings is 2. The van der Waals surface area contributed by atoms with E-state index >= 15 is 0 Å². The monoisotopic (exact) mass is 341 g/mol. The quantitative estimate of drug-likeness (QED) is 0.720. The summed E-state index contributed by atoms with van der Waals surface area (Å²) in [5.41, 5.74) is 3.83. The van der Waals surface area contributed by atoms with Crippen LogP contribution in [-0.4, -0.2) is 28.8 Å². The molecule has 0 amide bonds. The molecule has 4 rings (SSSR count). The van der Waals surface area contributed by atoms with Crippen molar-refractivity contribution in [3.8, 4) is 0 Å². The molecule has 1 aliphatic heterocycles. The molecule has 0 saturated carbocycles. The maximum atomic E-state index is 13.0. The van der Waals surface area contributed by atoms with Gasteiger partial charge in [0.25, 0.3) is 0 Å². The second kappa shape index (κ2) is 5.43. The Bertz CT molecular complexity index is 1040. The lowest BCUT2D eigenvalue weighted by molar-refractivity contribution is 0.339. The van der Waals surface area contributed by atoms with E-state index in [-0.39, 0.29) is 0 Å². The number of fused-ring (bicyclic) bond motifs is 3. The highest BCUT2D eigenvalue weighted by atomic mass is 32.2. The molecule has 1 aliphatic rings. The minimum absolute atomic E-state index is 0.310. The van der Waals surface area contributed by atoms with Gasteiger partial charge >= 0.3 is 0 Å². The number of para-hydroxylation sites is 2. The Kier molecular flexibility index (Phi) is 3.47. The lowest BCUT2D eigenvalue weighted by Crippen LogP contribution is -2.38. The van der Waals surface area contributed by atoms with Crippen LogP contribution in [0.2, 0.25) is 0 Å². The van der Waals surface area contributed by atoms with Crippen LogP contribution in [0.1, 0.15) is 17.0 Å². The molecule has 1 aromatic heterocycles. The molecule has 0 atom stereocenters. The van der Waals surface area contributed by atoms with Crippen molar-refractivity contribution in [2.24, 2.45) is 0 Å². The molecule has 0 unspecified atom stereocenters. The first-order valence-electron chi connectivity index (χ1n) is 7.98. The van der Waals surface area contributed by atoms with Crippen molar-refractivity contribution in [1.29, 1.82) is 0 Å². The average Bonchev–Trinajstić information content (AvgIpc) is 2.92. The molecule has 0 saturated heterocycles. The number of sulfonamides is 1. The zero-order chi connectivity index (χ0) is 16.9. The summed E-state index contributed by atoms with van der Waals surface area (Å²) in [7, 11) is -3.51. The van der Waals surface area contributed by atoms with Gasteiger partial charge in [-0.1, -0.05) is 29.8 Å². The number of hydrogen-bond donors (Lipinski definition) is 0. The summed E-state index contributed by atoms with van der Waals surface area (Å²) in [6, 6.07) is 13.4. The van der Waals surface area contributed by atoms with Gasteiger partial charge in [-0.2, -0.15) is 4.31 Å². The summed E-state index contributed by atoms with van der Waals surface area (Å²) >= 11 is 0. The minimum Gasteiger partial charge on any atom is -0.326 e. The van der Waals surface area contributed by atoms with Gasteiger partial charge in [0.05, 0.1) is 22.5 Å². The van der Waals surface area contributed by atoms with E-state index in [0.29, 0.717) is 24.5 Å². The van der Waals surface area contributed by atoms with E-state index in [1.807, 2.05) is 50.2 Å². The summed E-state index contributed by atoms with van der Waals surface area (Å²) in [5.74, 6) is 0.802. The largest absolute Gasteiger partial charge is 0.326 e. The molecule has 5 nitrogen and oxygen atoms in total. The van der Waals surface area contributed by atoms with Crippen molar-refractivity contribution in [3.63, 3.8) is 0 Å². The summed E-state index contributed by atoms with van der Waals surface area (Å²) in [6.07, 6.45) is 0. The fourth-order valence-corrected chi connectivity index (χ4v) is 4.97. The van der Waals surface area contributed by atoms with Crippen LogP contribution in [0.4, 0.5) is 0 Å². The van der Waals surface area contributed by atoms with Crippen molar-refractivity contribution < 1.29 is 8.42 Å². The highest BCUT2D eigenvalue weighted by molar-refractivity contribution is 7.89. The molecular formula is C18H19N3O2S. The zero-order valence-corrected chi connectivity index (χ0v) is 14.5. The first-order chi connectivity index (χ1) is 11.5. The van der Waals surface area contributed by atoms with E-state index in [1.165, 1.54) is 4.31 Å². The Balaban J connectivity index is 1.73. The van der Waals surface area contributed by atoms with Crippen molar-refractivity contribution in [2.45, 2.75) is 31.8 Å². The second-order valence-electron chi connectivity index (χ2n) is 6.28. The van der Waals surface area contributed by atoms with Gasteiger partial charge in [0.15, 0.2) is 0 Å². The van der Waals surface area contributed by atoms with Crippen LogP contribution in [-0.2, 0) is 23.1 Å². The molecule has 24 heavy (non-hydrogen) atoms. The lowest BCUT2D eigenvalue weighted by atomic mass is 10.2. The molecule has 2 heterocycles. The predicted octanol–water partition coefficient (Wildman–Crippen LogP) is 2.86. The molecule has 0 fully saturated rings. The smallest absolute Gasteiger partial charge is 0.243 e. The summed E-state index contributed by atoms with van der Waals surface area (Å²) in [5, 5.41) is 0. The topological polar surface area (TPSA) is 55.2 Å². The fourth-order valence-electron chi connectivity index (χ4n) is 3.38. The van der Waals surface area contributed by atoms with Gasteiger partial charge in [-0.15, -0.1) is 0 Å². The molecule has 2 aromatic carbocycles. The van der Waals surface area contributed by atoms with Gasteiger partial charge in [0, 0.05) is 13.1 Å². The maximum Gasteiger partial charge on any atom is 0.243 e. The van der Waals surface area contributed by atoms with Crippen molar-refractivity contribution in [3.05, 3.63) is 59.4 Å². The number of aryl methyl sites for hydroxylation is 2. The Morgan fingerprint density at radius 1 is 1.04 bits per heavy atom. The average molecular weight is 341 g/mol. The Morgan fingerprint density at radius 3 is 2.62 bits per heavy atom. The molecule has 0 aliphatic carbocycles. The second-order valence-corrected chi connectivity index (χ2v) is 8.18. The molecule has 0 bridgehead atoms. The van der Waals surface area contributed by atoms with Crippen LogP contribution in [0.3, 0.4) is 0 Å². The first-order valence-corrected chi connectivity index (χ1v) is 9.42. The van der Waals surface area contributed by atoms with Crippen LogP contribution in [0.25, 0.3) is 11.0 Å². The molecule has 0 spiro atoms. The highest BCUT2D eigenvalue weighted by Gasteiger charge is 2.30. The van der Waals surface area contributed by atoms with E-state index < -0.39 is 10.0 Å². The normalized spacial score (nSPS) is 15.6. The fraction of sp³-hybridized carbons (Fsp3) is 0.278. The van der Waals surface area contributed by atoms with E-state index in [0.717, 1.165) is 28.0 Å². The van der Waals surface area contributed by atoms with E-state index in [4.69, 9.17) is 0 Å². The molecule has 0 radical (unpaired) electrons. The van der Waals surface area contributed by atoms with Gasteiger partial charge in [-0.05, 0) is 37.6 Å². The molecule has 124 valence electrons. The minimum atomic E-state index is -3.51. The molecule has 6 heteroatoms. The van der Waals surface area contributed by atoms with Gasteiger partial charge in [0.1, 0.15) is 5.82 Å². The van der Waals surface area contributed by atoms with Gasteiger partial charge in [0.2, 0.25) is 10.0 Å². The van der Waals surface area contributed by atoms with E-state index in [9.17, 15) is 8.42 Å². The summed E-state index contributed by atoms with van der Waals surface area (Å²) in [4.78, 5) is 4.99. The third kappa shape index (κ3) is 2.34. The summed E-state index contributed by atoms with van der Waals surface area (Å²) < 4.78 is 29.7. The lowest BCUT2D eigenvalue weighted by Gasteiger charge is -2.27. The van der Waals surface area contributed by atoms with Gasteiger partial charge in [-0.25, -0.2) is 13.4 Å². The molecular weight excluding hydrogens is 322 g/mol. The SMILES string of the molecule is Cc1ccc(S(=O)(=O)N2CCn3c(nc4ccccc43)C2)c(C)c1. The third-order valence-electron chi connectivity index (χ3n) is 4.57. The van der Waals surface area contributed by atoms with Crippen LogP contribution in [0.15, 0.2) is 47.4 Å². The van der Waals surface area contributed by atoms with Crippen LogP contribution < -0.4 is 0 Å². The summed E-state index contributed by atoms with van der Waals surface area (Å²) in [6.45, 7) is 5.21. The van der Waals surface area contributed by atoms with Gasteiger partial charge in [-0.3, -0.25) is 0 Å². The van der Waals surface area contributed by atoms with Gasteiger partial charge < -0.3 is 4.57 Å². The predicted molar refractivity (Wildman–Crippen MR) is 93.2 cm³/mol. The number of rotatable bonds is 2. The first kappa shape index (κ1) is 15.4. The third-order valence-corrected chi connectivity index (χ3v) is 6.58. The Hall–Kier alpha value is -2.18. The van der Waals surface area contributed by atoms with Crippen LogP contribution in [0.5, 0.6) is 0 Å². The number of imidazole rings is 1. The van der Waals surface area contributed by atoms with Crippen molar-refractivity contribution >= 4 is 21.1 Å². The molecule has 0 N–H and O–H groups in total. The zero-order valence-electron chi connectivity index (χ0n) is 13.7. The van der Waals surface area contributed by atoms with E-state index in [2.05, 4.69) is 9.55 Å². The van der Waals surface area contributed by atoms with Crippen molar-refractivity contribution in [2.75, 3.05) is 6.54 Å². The highest BCUT2D eigenvalue weighted by Crippen LogP contribution is 2.26. The van der Waals surface area contributed by atoms with Crippen molar-refractivity contribution in [1.82, 2.24) is 13.9 Å². The standard InChI is InChI=1S/C18H19N3O2S/c1-13-7-8-17(14(2)11-13)24(22,23)20-9-10-21-16-6-4-3-5-15(16)19-18(21)12-20/h3-8,11H,9-10,12H2,1-2H3. The maximum absolute atomic E-state index is 13.0. The van der Waals surface area contributed by atoms with Crippen LogP contribution in [0, 0.1) is 13.8 Å². The van der Waals surface area contributed by atoms with Crippen LogP contribution >= 0.6 is 0 Å². The Morgan fingerprint density at radius 2 is 1.83 bits per heavy atom. The number of nitrogens with zero attached hydrogens (tertiary/aromatic N) is 3. The number of aromatic nitrogens is 2. The Labute approximate surface area is 141 Å². The number of hydrogen-bond acceptors (Lipinski definition) is 3. The molecule has 3 aromatic rings. The van der Waals surface area contributed by atoms with E-state index in [1.54, 1.807) is 6.07 Å².